The fourth-order valence-corrected chi connectivity index (χ4v) is 14.5. The van der Waals surface area contributed by atoms with Gasteiger partial charge >= 0.3 is 131 Å². The van der Waals surface area contributed by atoms with Crippen molar-refractivity contribution in [1.29, 1.82) is 0 Å². The summed E-state index contributed by atoms with van der Waals surface area (Å²) in [6.45, 7) is 9.16. The van der Waals surface area contributed by atoms with Crippen LogP contribution >= 0.6 is 0 Å². The zero-order valence-corrected chi connectivity index (χ0v) is 17.4. The Labute approximate surface area is 130 Å². The third-order valence-corrected chi connectivity index (χ3v) is 15.2. The van der Waals surface area contributed by atoms with E-state index in [0.29, 0.717) is 12.2 Å². The van der Waals surface area contributed by atoms with Gasteiger partial charge in [0.05, 0.1) is 0 Å². The first-order valence-corrected chi connectivity index (χ1v) is 17.5. The molecule has 0 amide bonds. The number of hydrogen-bond donors (Lipinski definition) is 0. The summed E-state index contributed by atoms with van der Waals surface area (Å²) in [5.41, 5.74) is 0. The van der Waals surface area contributed by atoms with Gasteiger partial charge in [-0.15, -0.1) is 0 Å². The second-order valence-corrected chi connectivity index (χ2v) is 17.2. The summed E-state index contributed by atoms with van der Waals surface area (Å²) in [4.78, 5) is 0. The summed E-state index contributed by atoms with van der Waals surface area (Å²) in [5.74, 6) is 1.45. The second-order valence-electron chi connectivity index (χ2n) is 4.89. The summed E-state index contributed by atoms with van der Waals surface area (Å²) in [6.07, 6.45) is 3.51. The van der Waals surface area contributed by atoms with Gasteiger partial charge in [0.15, 0.2) is 0 Å². The summed E-state index contributed by atoms with van der Waals surface area (Å²) in [7, 11) is 3.75. The maximum absolute atomic E-state index is 5.63. The van der Waals surface area contributed by atoms with Crippen LogP contribution in [0.15, 0.2) is 0 Å². The summed E-state index contributed by atoms with van der Waals surface area (Å²) in [5, 5.41) is 0. The van der Waals surface area contributed by atoms with Gasteiger partial charge in [0.25, 0.3) is 0 Å². The monoisotopic (exact) mass is 490 g/mol. The predicted octanol–water partition coefficient (Wildman–Crippen LogP) is 3.27. The van der Waals surface area contributed by atoms with Crippen LogP contribution in [0, 0.1) is 11.8 Å². The quantitative estimate of drug-likeness (QED) is 0.331. The molecule has 0 spiro atoms. The van der Waals surface area contributed by atoms with Crippen molar-refractivity contribution in [2.45, 2.75) is 61.7 Å². The van der Waals surface area contributed by atoms with Crippen molar-refractivity contribution in [3.8, 4) is 0 Å². The maximum atomic E-state index is 5.63. The molecule has 0 aromatic carbocycles. The van der Waals surface area contributed by atoms with Crippen molar-refractivity contribution >= 4 is 34.1 Å². The third-order valence-electron chi connectivity index (χ3n) is 3.71. The molecule has 0 aliphatic heterocycles. The van der Waals surface area contributed by atoms with E-state index in [-0.39, 0.29) is 34.1 Å². The Morgan fingerprint density at radius 1 is 0.778 bits per heavy atom. The molecule has 4 unspecified atom stereocenters. The van der Waals surface area contributed by atoms with E-state index in [9.17, 15) is 0 Å². The van der Waals surface area contributed by atoms with Crippen molar-refractivity contribution in [3.05, 3.63) is 0 Å². The molecule has 0 aromatic rings. The molecule has 0 rings (SSSR count). The van der Waals surface area contributed by atoms with Crippen LogP contribution in [0.3, 0.4) is 0 Å². The average Bonchev–Trinajstić information content (AvgIpc) is 2.41. The van der Waals surface area contributed by atoms with Crippen LogP contribution in [-0.4, -0.2) is 60.5 Å². The Morgan fingerprint density at radius 2 is 1.11 bits per heavy atom. The number of rotatable bonds is 11. The molecular weight excluding hydrogens is 455 g/mol. The first kappa shape index (κ1) is 19.5. The molecule has 0 heterocycles. The van der Waals surface area contributed by atoms with Gasteiger partial charge in [-0.2, -0.15) is 0 Å². The van der Waals surface area contributed by atoms with Crippen LogP contribution in [0.4, 0.5) is 0 Å². The van der Waals surface area contributed by atoms with Gasteiger partial charge < -0.3 is 0 Å². The van der Waals surface area contributed by atoms with E-state index >= 15 is 0 Å². The van der Waals surface area contributed by atoms with Crippen LogP contribution in [0.5, 0.6) is 0 Å². The summed E-state index contributed by atoms with van der Waals surface area (Å²) < 4.78 is 14.0. The normalized spacial score (nSPS) is 18.3. The Morgan fingerprint density at radius 3 is 1.33 bits per heavy atom. The first-order chi connectivity index (χ1) is 8.60. The van der Waals surface area contributed by atoms with E-state index < -0.39 is 0 Å². The van der Waals surface area contributed by atoms with E-state index in [1.807, 2.05) is 14.2 Å². The van der Waals surface area contributed by atoms with E-state index in [1.54, 1.807) is 0 Å². The summed E-state index contributed by atoms with van der Waals surface area (Å²) >= 11 is 0.427. The molecule has 0 saturated carbocycles. The molecule has 0 bridgehead atoms. The van der Waals surface area contributed by atoms with Crippen molar-refractivity contribution in [1.82, 2.24) is 0 Å². The molecule has 0 aliphatic rings. The fraction of sp³-hybridized carbons (Fsp3) is 1.00. The molecule has 0 radical (unpaired) electrons. The number of ether oxygens (including phenoxy) is 2. The molecule has 0 N–H and O–H groups in total. The molecule has 4 heteroatoms. The van der Waals surface area contributed by atoms with E-state index in [4.69, 9.17) is 9.47 Å². The first-order valence-electron chi connectivity index (χ1n) is 6.90. The van der Waals surface area contributed by atoms with Gasteiger partial charge in [-0.05, 0) is 0 Å². The van der Waals surface area contributed by atoms with Gasteiger partial charge in [-0.25, -0.2) is 0 Å². The Kier molecular flexibility index (Phi) is 13.3. The minimum absolute atomic E-state index is 0.214. The Bertz CT molecular complexity index is 171. The molecule has 0 aliphatic carbocycles. The molecule has 0 fully saturated rings. The molecule has 18 heavy (non-hydrogen) atoms. The van der Waals surface area contributed by atoms with E-state index in [0.717, 1.165) is 11.8 Å². The van der Waals surface area contributed by atoms with Gasteiger partial charge in [0, 0.05) is 0 Å². The van der Waals surface area contributed by atoms with Crippen molar-refractivity contribution in [2.75, 3.05) is 14.2 Å². The number of hydrogen-bond acceptors (Lipinski definition) is 2. The van der Waals surface area contributed by atoms with Crippen molar-refractivity contribution < 1.29 is 9.47 Å². The molecule has 2 nitrogen and oxygen atoms in total. The zero-order valence-electron chi connectivity index (χ0n) is 12.8. The molecule has 0 saturated heterocycles. The van der Waals surface area contributed by atoms with E-state index in [1.165, 1.54) is 21.8 Å². The minimum atomic E-state index is 0.214. The molecule has 110 valence electrons. The molecular formula is C14H30O2Te2. The Hall–Kier alpha value is 1.50. The zero-order chi connectivity index (χ0) is 14.0. The third kappa shape index (κ3) is 7.94. The van der Waals surface area contributed by atoms with Crippen LogP contribution in [0.25, 0.3) is 0 Å². The predicted molar refractivity (Wildman–Crippen MR) is 81.6 cm³/mol. The molecule has 4 atom stereocenters. The summed E-state index contributed by atoms with van der Waals surface area (Å²) in [6, 6.07) is 0. The van der Waals surface area contributed by atoms with E-state index in [2.05, 4.69) is 27.7 Å². The topological polar surface area (TPSA) is 18.5 Å². The van der Waals surface area contributed by atoms with Crippen LogP contribution in [0.2, 0.25) is 8.94 Å². The van der Waals surface area contributed by atoms with Gasteiger partial charge in [-0.1, -0.05) is 0 Å². The van der Waals surface area contributed by atoms with Gasteiger partial charge in [0.1, 0.15) is 0 Å². The van der Waals surface area contributed by atoms with Gasteiger partial charge in [-0.3, -0.25) is 0 Å². The SMILES string of the molecule is CCC(C)C(C[Te][Te]CC(OC)C(C)CC)OC. The molecule has 0 aromatic heterocycles. The van der Waals surface area contributed by atoms with Gasteiger partial charge in [0.2, 0.25) is 0 Å². The van der Waals surface area contributed by atoms with Crippen LogP contribution < -0.4 is 0 Å². The Balaban J connectivity index is 3.82. The second kappa shape index (κ2) is 12.3. The standard InChI is InChI=1S/C14H30O2Te2/c1-7-11(3)13(15-5)9-17-18-10-14(16-6)12(4)8-2/h11-14H,7-10H2,1-6H3. The average molecular weight is 486 g/mol. The fourth-order valence-electron chi connectivity index (χ4n) is 1.69. The van der Waals surface area contributed by atoms with Crippen molar-refractivity contribution in [3.63, 3.8) is 0 Å². The van der Waals surface area contributed by atoms with Crippen LogP contribution in [0.1, 0.15) is 40.5 Å². The number of methoxy groups -OCH3 is 2. The van der Waals surface area contributed by atoms with Crippen molar-refractivity contribution in [2.24, 2.45) is 11.8 Å². The van der Waals surface area contributed by atoms with Crippen LogP contribution in [-0.2, 0) is 9.47 Å².